The van der Waals surface area contributed by atoms with Crippen LogP contribution in [0.25, 0.3) is 10.2 Å². The van der Waals surface area contributed by atoms with Crippen molar-refractivity contribution in [1.82, 2.24) is 4.57 Å². The molecule has 2 heterocycles. The molecular formula is C16H10ClN3O3S2. The third kappa shape index (κ3) is 3.79. The fraction of sp³-hybridized carbons (Fsp3) is 0.125. The number of thiazole rings is 1. The lowest BCUT2D eigenvalue weighted by Crippen LogP contribution is -2.17. The topological polar surface area (TPSA) is 77.5 Å². The van der Waals surface area contributed by atoms with Crippen molar-refractivity contribution in [3.05, 3.63) is 54.5 Å². The second-order valence-electron chi connectivity index (χ2n) is 4.97. The van der Waals surface area contributed by atoms with Gasteiger partial charge in [-0.05, 0) is 18.2 Å². The van der Waals surface area contributed by atoms with Gasteiger partial charge in [0, 0.05) is 17.0 Å². The van der Waals surface area contributed by atoms with Gasteiger partial charge < -0.3 is 4.57 Å². The lowest BCUT2D eigenvalue weighted by atomic mass is 10.3. The van der Waals surface area contributed by atoms with Crippen LogP contribution >= 0.6 is 34.3 Å². The third-order valence-electron chi connectivity index (χ3n) is 3.30. The monoisotopic (exact) mass is 391 g/mol. The maximum absolute atomic E-state index is 12.2. The number of hydrogen-bond acceptors (Lipinski definition) is 5. The minimum Gasteiger partial charge on any atom is -0.304 e. The van der Waals surface area contributed by atoms with Crippen LogP contribution in [0.2, 0.25) is 4.34 Å². The molecular weight excluding hydrogens is 382 g/mol. The Morgan fingerprint density at radius 3 is 2.80 bits per heavy atom. The molecule has 2 aromatic heterocycles. The van der Waals surface area contributed by atoms with Gasteiger partial charge in [-0.3, -0.25) is 14.9 Å². The molecule has 1 amide bonds. The highest BCUT2D eigenvalue weighted by Crippen LogP contribution is 2.24. The standard InChI is InChI=1S/C16H10ClN3O3S2/c1-2-7-19-12-8-10(20(22)23)3-5-13(12)25-16(19)18-15(21)9-11-4-6-14(17)24-11/h1,3-6,8H,7,9H2. The first-order valence-corrected chi connectivity index (χ1v) is 9.02. The number of benzene rings is 1. The summed E-state index contributed by atoms with van der Waals surface area (Å²) in [6.45, 7) is 0.165. The number of nitro benzene ring substituents is 1. The normalized spacial score (nSPS) is 11.6. The summed E-state index contributed by atoms with van der Waals surface area (Å²) < 4.78 is 3.01. The minimum atomic E-state index is -0.472. The fourth-order valence-corrected chi connectivity index (χ4v) is 4.35. The summed E-state index contributed by atoms with van der Waals surface area (Å²) in [7, 11) is 0. The molecule has 0 radical (unpaired) electrons. The van der Waals surface area contributed by atoms with Crippen LogP contribution in [-0.2, 0) is 17.8 Å². The van der Waals surface area contributed by atoms with Crippen LogP contribution in [0.1, 0.15) is 4.88 Å². The van der Waals surface area contributed by atoms with Gasteiger partial charge in [-0.1, -0.05) is 28.9 Å². The Morgan fingerprint density at radius 1 is 1.36 bits per heavy atom. The Hall–Kier alpha value is -2.47. The van der Waals surface area contributed by atoms with Crippen LogP contribution in [0.3, 0.4) is 0 Å². The number of fused-ring (bicyclic) bond motifs is 1. The van der Waals surface area contributed by atoms with Gasteiger partial charge in [-0.15, -0.1) is 17.8 Å². The number of nitrogens with zero attached hydrogens (tertiary/aromatic N) is 3. The Balaban J connectivity index is 2.05. The van der Waals surface area contributed by atoms with Gasteiger partial charge in [0.15, 0.2) is 4.80 Å². The van der Waals surface area contributed by atoms with Crippen LogP contribution in [0.15, 0.2) is 35.3 Å². The van der Waals surface area contributed by atoms with Gasteiger partial charge in [0.2, 0.25) is 0 Å². The maximum Gasteiger partial charge on any atom is 0.271 e. The van der Waals surface area contributed by atoms with E-state index in [2.05, 4.69) is 10.9 Å². The highest BCUT2D eigenvalue weighted by molar-refractivity contribution is 7.16. The van der Waals surface area contributed by atoms with E-state index in [0.717, 1.165) is 9.58 Å². The Bertz CT molecular complexity index is 1090. The van der Waals surface area contributed by atoms with Crippen molar-refractivity contribution in [2.24, 2.45) is 4.99 Å². The molecule has 3 aromatic rings. The number of nitro groups is 1. The van der Waals surface area contributed by atoms with Crippen LogP contribution in [0, 0.1) is 22.5 Å². The summed E-state index contributed by atoms with van der Waals surface area (Å²) in [6, 6.07) is 7.99. The molecule has 6 nitrogen and oxygen atoms in total. The first kappa shape index (κ1) is 17.4. The van der Waals surface area contributed by atoms with Crippen LogP contribution in [-0.4, -0.2) is 15.4 Å². The largest absolute Gasteiger partial charge is 0.304 e. The Labute approximate surface area is 155 Å². The van der Waals surface area contributed by atoms with Gasteiger partial charge in [0.1, 0.15) is 0 Å². The minimum absolute atomic E-state index is 0.0397. The van der Waals surface area contributed by atoms with E-state index in [4.69, 9.17) is 18.0 Å². The molecule has 0 saturated carbocycles. The summed E-state index contributed by atoms with van der Waals surface area (Å²) in [6.07, 6.45) is 5.54. The van der Waals surface area contributed by atoms with E-state index in [1.807, 2.05) is 0 Å². The number of thiophene rings is 1. The van der Waals surface area contributed by atoms with E-state index >= 15 is 0 Å². The van der Waals surface area contributed by atoms with E-state index in [1.165, 1.54) is 34.8 Å². The van der Waals surface area contributed by atoms with Gasteiger partial charge in [0.25, 0.3) is 11.6 Å². The second-order valence-corrected chi connectivity index (χ2v) is 7.78. The zero-order valence-electron chi connectivity index (χ0n) is 12.6. The average molecular weight is 392 g/mol. The quantitative estimate of drug-likeness (QED) is 0.387. The van der Waals surface area contributed by atoms with Crippen molar-refractivity contribution in [2.45, 2.75) is 13.0 Å². The Kier molecular flexibility index (Phi) is 4.99. The predicted molar refractivity (Wildman–Crippen MR) is 98.9 cm³/mol. The lowest BCUT2D eigenvalue weighted by Gasteiger charge is -1.99. The first-order chi connectivity index (χ1) is 12.0. The molecule has 0 fully saturated rings. The van der Waals surface area contributed by atoms with Crippen molar-refractivity contribution in [3.8, 4) is 12.3 Å². The number of aromatic nitrogens is 1. The van der Waals surface area contributed by atoms with E-state index in [0.29, 0.717) is 14.7 Å². The molecule has 0 saturated heterocycles. The van der Waals surface area contributed by atoms with Gasteiger partial charge >= 0.3 is 0 Å². The number of halogens is 1. The molecule has 0 spiro atoms. The van der Waals surface area contributed by atoms with Crippen molar-refractivity contribution in [3.63, 3.8) is 0 Å². The molecule has 9 heteroatoms. The van der Waals surface area contributed by atoms with Gasteiger partial charge in [-0.25, -0.2) is 0 Å². The number of carbonyl (C=O) groups is 1. The third-order valence-corrected chi connectivity index (χ3v) is 5.59. The van der Waals surface area contributed by atoms with E-state index in [1.54, 1.807) is 22.8 Å². The summed E-state index contributed by atoms with van der Waals surface area (Å²) in [4.78, 5) is 28.1. The zero-order chi connectivity index (χ0) is 18.0. The summed E-state index contributed by atoms with van der Waals surface area (Å²) in [5.74, 6) is 2.16. The van der Waals surface area contributed by atoms with Crippen molar-refractivity contribution < 1.29 is 9.72 Å². The molecule has 126 valence electrons. The first-order valence-electron chi connectivity index (χ1n) is 7.01. The van der Waals surface area contributed by atoms with E-state index < -0.39 is 4.92 Å². The Morgan fingerprint density at radius 2 is 2.16 bits per heavy atom. The van der Waals surface area contributed by atoms with Crippen LogP contribution < -0.4 is 4.80 Å². The number of carbonyl (C=O) groups excluding carboxylic acids is 1. The van der Waals surface area contributed by atoms with Gasteiger partial charge in [0.05, 0.1) is 32.4 Å². The smallest absolute Gasteiger partial charge is 0.271 e. The molecule has 1 aromatic carbocycles. The van der Waals surface area contributed by atoms with Crippen molar-refractivity contribution in [2.75, 3.05) is 0 Å². The summed E-state index contributed by atoms with van der Waals surface area (Å²) >= 11 is 8.45. The van der Waals surface area contributed by atoms with E-state index in [-0.39, 0.29) is 24.6 Å². The predicted octanol–water partition coefficient (Wildman–Crippen LogP) is 3.63. The lowest BCUT2D eigenvalue weighted by molar-refractivity contribution is -0.384. The molecule has 0 N–H and O–H groups in total. The number of hydrogen-bond donors (Lipinski definition) is 0. The maximum atomic E-state index is 12.2. The molecule has 0 aliphatic rings. The number of terminal acetylenes is 1. The van der Waals surface area contributed by atoms with Gasteiger partial charge in [-0.2, -0.15) is 4.99 Å². The number of non-ortho nitro benzene ring substituents is 1. The van der Waals surface area contributed by atoms with Crippen molar-refractivity contribution >= 4 is 56.1 Å². The molecule has 0 bridgehead atoms. The second kappa shape index (κ2) is 7.19. The highest BCUT2D eigenvalue weighted by Gasteiger charge is 2.13. The molecule has 0 unspecified atom stereocenters. The fourth-order valence-electron chi connectivity index (χ4n) is 2.24. The molecule has 0 aliphatic heterocycles. The average Bonchev–Trinajstić information content (AvgIpc) is 3.11. The van der Waals surface area contributed by atoms with Crippen LogP contribution in [0.5, 0.6) is 0 Å². The summed E-state index contributed by atoms with van der Waals surface area (Å²) in [5, 5.41) is 11.0. The number of amides is 1. The van der Waals surface area contributed by atoms with Crippen molar-refractivity contribution in [1.29, 1.82) is 0 Å². The zero-order valence-corrected chi connectivity index (χ0v) is 15.0. The molecule has 0 aliphatic carbocycles. The highest BCUT2D eigenvalue weighted by atomic mass is 35.5. The number of rotatable bonds is 4. The molecule has 3 rings (SSSR count). The molecule has 0 atom stereocenters. The summed E-state index contributed by atoms with van der Waals surface area (Å²) in [5.41, 5.74) is 0.546. The van der Waals surface area contributed by atoms with Crippen LogP contribution in [0.4, 0.5) is 5.69 Å². The van der Waals surface area contributed by atoms with E-state index in [9.17, 15) is 14.9 Å². The SMILES string of the molecule is C#CCn1c(=NC(=O)Cc2ccc(Cl)s2)sc2ccc([N+](=O)[O-])cc21. The molecule has 25 heavy (non-hydrogen) atoms.